The van der Waals surface area contributed by atoms with Gasteiger partial charge in [0.1, 0.15) is 12.1 Å². The zero-order chi connectivity index (χ0) is 12.8. The summed E-state index contributed by atoms with van der Waals surface area (Å²) in [5, 5.41) is 0. The van der Waals surface area contributed by atoms with Crippen LogP contribution in [0.15, 0.2) is 22.6 Å². The van der Waals surface area contributed by atoms with Gasteiger partial charge in [0, 0.05) is 0 Å². The number of hydrogen-bond acceptors (Lipinski definition) is 4. The smallest absolute Gasteiger partial charge is 0.209 e. The molecule has 0 saturated carbocycles. The van der Waals surface area contributed by atoms with E-state index in [4.69, 9.17) is 9.47 Å². The van der Waals surface area contributed by atoms with E-state index < -0.39 is 0 Å². The van der Waals surface area contributed by atoms with Crippen LogP contribution in [0.4, 0.5) is 0 Å². The average molecular weight is 238 g/mol. The van der Waals surface area contributed by atoms with Crippen LogP contribution in [0.5, 0.6) is 0 Å². The lowest BCUT2D eigenvalue weighted by atomic mass is 10.0. The summed E-state index contributed by atoms with van der Waals surface area (Å²) in [7, 11) is 3.29. The Balaban J connectivity index is 2.89. The molecule has 0 aromatic carbocycles. The van der Waals surface area contributed by atoms with E-state index in [0.29, 0.717) is 17.7 Å². The fourth-order valence-electron chi connectivity index (χ4n) is 1.82. The number of ether oxygens (including phenoxy) is 2. The molecule has 0 spiro atoms. The second-order valence-corrected chi connectivity index (χ2v) is 4.41. The number of hydrogen-bond donors (Lipinski definition) is 0. The number of rotatable bonds is 4. The van der Waals surface area contributed by atoms with Crippen LogP contribution in [-0.2, 0) is 9.47 Å². The molecule has 4 heteroatoms. The first-order valence-corrected chi connectivity index (χ1v) is 5.98. The summed E-state index contributed by atoms with van der Waals surface area (Å²) in [6.07, 6.45) is 3.62. The third-order valence-electron chi connectivity index (χ3n) is 2.78. The van der Waals surface area contributed by atoms with Gasteiger partial charge in [-0.3, -0.25) is 0 Å². The fourth-order valence-corrected chi connectivity index (χ4v) is 1.82. The Hall–Kier alpha value is -1.32. The molecule has 0 amide bonds. The molecule has 2 atom stereocenters. The number of allylic oxidation sites excluding steroid dienone is 1. The largest absolute Gasteiger partial charge is 0.483 e. The van der Waals surface area contributed by atoms with Crippen molar-refractivity contribution in [1.82, 2.24) is 0 Å². The highest BCUT2D eigenvalue weighted by molar-refractivity contribution is 5.94. The zero-order valence-corrected chi connectivity index (χ0v) is 11.1. The predicted octanol–water partition coefficient (Wildman–Crippen LogP) is 2.45. The van der Waals surface area contributed by atoms with Crippen LogP contribution in [0.25, 0.3) is 0 Å². The van der Waals surface area contributed by atoms with Crippen molar-refractivity contribution >= 4 is 11.8 Å². The van der Waals surface area contributed by atoms with Gasteiger partial charge in [-0.2, -0.15) is 0 Å². The molecule has 1 rings (SSSR count). The molecule has 4 nitrogen and oxygen atoms in total. The second-order valence-electron chi connectivity index (χ2n) is 4.41. The lowest BCUT2D eigenvalue weighted by Gasteiger charge is -2.26. The first kappa shape index (κ1) is 13.7. The van der Waals surface area contributed by atoms with E-state index in [0.717, 1.165) is 12.8 Å². The molecule has 96 valence electrons. The minimum absolute atomic E-state index is 0.0325. The summed E-state index contributed by atoms with van der Waals surface area (Å²) in [5.41, 5.74) is 0. The van der Waals surface area contributed by atoms with Crippen LogP contribution in [0.3, 0.4) is 0 Å². The van der Waals surface area contributed by atoms with Gasteiger partial charge in [-0.05, 0) is 18.8 Å². The van der Waals surface area contributed by atoms with Crippen molar-refractivity contribution in [2.75, 3.05) is 14.2 Å². The third-order valence-corrected chi connectivity index (χ3v) is 2.78. The Morgan fingerprint density at radius 1 is 1.24 bits per heavy atom. The Morgan fingerprint density at radius 3 is 2.35 bits per heavy atom. The van der Waals surface area contributed by atoms with Crippen LogP contribution >= 0.6 is 0 Å². The molecule has 1 aliphatic heterocycles. The topological polar surface area (TPSA) is 43.2 Å². The third kappa shape index (κ3) is 3.32. The normalized spacial score (nSPS) is 24.1. The van der Waals surface area contributed by atoms with Gasteiger partial charge in [-0.25, -0.2) is 9.98 Å². The van der Waals surface area contributed by atoms with Crippen molar-refractivity contribution in [1.29, 1.82) is 0 Å². The van der Waals surface area contributed by atoms with Crippen molar-refractivity contribution in [2.24, 2.45) is 15.9 Å². The second kappa shape index (κ2) is 6.42. The lowest BCUT2D eigenvalue weighted by Crippen LogP contribution is -2.37. The molecule has 1 aliphatic rings. The van der Waals surface area contributed by atoms with Gasteiger partial charge in [0.05, 0.1) is 14.2 Å². The van der Waals surface area contributed by atoms with Crippen LogP contribution in [-0.4, -0.2) is 38.1 Å². The molecular formula is C13H22N2O2. The van der Waals surface area contributed by atoms with Crippen molar-refractivity contribution in [3.63, 3.8) is 0 Å². The standard InChI is InChI=1S/C13H22N2O2/c1-6-7-8-10-12(16-4)15-11(9(2)3)13(14-10)17-5/h6,9-11H,1,7-8H2,2-5H3/t10-,11-/m0/s1. The van der Waals surface area contributed by atoms with Gasteiger partial charge >= 0.3 is 0 Å². The number of methoxy groups -OCH3 is 2. The maximum Gasteiger partial charge on any atom is 0.209 e. The van der Waals surface area contributed by atoms with Crippen molar-refractivity contribution in [3.05, 3.63) is 12.7 Å². The summed E-state index contributed by atoms with van der Waals surface area (Å²) in [4.78, 5) is 9.17. The minimum atomic E-state index is -0.0389. The van der Waals surface area contributed by atoms with Crippen LogP contribution in [0.1, 0.15) is 26.7 Å². The summed E-state index contributed by atoms with van der Waals surface area (Å²) in [6.45, 7) is 7.91. The molecule has 0 saturated heterocycles. The Kier molecular flexibility index (Phi) is 5.19. The van der Waals surface area contributed by atoms with E-state index in [1.807, 2.05) is 6.08 Å². The van der Waals surface area contributed by atoms with E-state index in [1.54, 1.807) is 14.2 Å². The van der Waals surface area contributed by atoms with E-state index >= 15 is 0 Å². The molecule has 0 unspecified atom stereocenters. The summed E-state index contributed by atoms with van der Waals surface area (Å²) < 4.78 is 10.7. The molecule has 1 heterocycles. The van der Waals surface area contributed by atoms with Gasteiger partial charge in [0.15, 0.2) is 0 Å². The molecule has 0 radical (unpaired) electrons. The van der Waals surface area contributed by atoms with Gasteiger partial charge in [-0.1, -0.05) is 19.9 Å². The first-order chi connectivity index (χ1) is 8.13. The highest BCUT2D eigenvalue weighted by Gasteiger charge is 2.30. The highest BCUT2D eigenvalue weighted by Crippen LogP contribution is 2.19. The van der Waals surface area contributed by atoms with Gasteiger partial charge in [0.2, 0.25) is 11.8 Å². The Bertz CT molecular complexity index is 321. The van der Waals surface area contributed by atoms with E-state index in [2.05, 4.69) is 30.4 Å². The van der Waals surface area contributed by atoms with E-state index in [-0.39, 0.29) is 12.1 Å². The van der Waals surface area contributed by atoms with Crippen LogP contribution < -0.4 is 0 Å². The maximum atomic E-state index is 5.33. The average Bonchev–Trinajstić information content (AvgIpc) is 2.34. The SMILES string of the molecule is C=CCC[C@@H]1N=C(OC)[C@H](C(C)C)N=C1OC. The highest BCUT2D eigenvalue weighted by atomic mass is 16.5. The summed E-state index contributed by atoms with van der Waals surface area (Å²) >= 11 is 0. The quantitative estimate of drug-likeness (QED) is 0.706. The molecule has 0 N–H and O–H groups in total. The van der Waals surface area contributed by atoms with Gasteiger partial charge < -0.3 is 9.47 Å². The fraction of sp³-hybridized carbons (Fsp3) is 0.692. The summed E-state index contributed by atoms with van der Waals surface area (Å²) in [6, 6.07) is -0.0714. The molecule has 0 aliphatic carbocycles. The molecule has 0 bridgehead atoms. The Labute approximate surface area is 103 Å². The number of nitrogens with zero attached hydrogens (tertiary/aromatic N) is 2. The molecule has 0 fully saturated rings. The van der Waals surface area contributed by atoms with E-state index in [9.17, 15) is 0 Å². The molecule has 0 aromatic rings. The lowest BCUT2D eigenvalue weighted by molar-refractivity contribution is 0.331. The molecule has 0 aromatic heterocycles. The summed E-state index contributed by atoms with van der Waals surface area (Å²) in [5.74, 6) is 1.75. The monoisotopic (exact) mass is 238 g/mol. The van der Waals surface area contributed by atoms with Crippen LogP contribution in [0.2, 0.25) is 0 Å². The van der Waals surface area contributed by atoms with Crippen LogP contribution in [0, 0.1) is 5.92 Å². The minimum Gasteiger partial charge on any atom is -0.483 e. The van der Waals surface area contributed by atoms with E-state index in [1.165, 1.54) is 0 Å². The first-order valence-electron chi connectivity index (χ1n) is 5.98. The maximum absolute atomic E-state index is 5.33. The number of aliphatic imine (C=N–C) groups is 2. The van der Waals surface area contributed by atoms with Crippen molar-refractivity contribution < 1.29 is 9.47 Å². The van der Waals surface area contributed by atoms with Crippen molar-refractivity contribution in [3.8, 4) is 0 Å². The van der Waals surface area contributed by atoms with Gasteiger partial charge in [-0.15, -0.1) is 6.58 Å². The molecule has 17 heavy (non-hydrogen) atoms. The van der Waals surface area contributed by atoms with Gasteiger partial charge in [0.25, 0.3) is 0 Å². The molecular weight excluding hydrogens is 216 g/mol. The van der Waals surface area contributed by atoms with Crippen molar-refractivity contribution in [2.45, 2.75) is 38.8 Å². The zero-order valence-electron chi connectivity index (χ0n) is 11.1. The predicted molar refractivity (Wildman–Crippen MR) is 70.7 cm³/mol. The Morgan fingerprint density at radius 2 is 1.88 bits per heavy atom.